The van der Waals surface area contributed by atoms with Crippen LogP contribution in [0.3, 0.4) is 0 Å². The summed E-state index contributed by atoms with van der Waals surface area (Å²) in [6.07, 6.45) is -5.02. The number of hydrogen-bond donors (Lipinski definition) is 1. The third-order valence-corrected chi connectivity index (χ3v) is 5.77. The number of pyridine rings is 1. The lowest BCUT2D eigenvalue weighted by Gasteiger charge is -2.18. The molecule has 1 N–H and O–H groups in total. The quantitative estimate of drug-likeness (QED) is 0.310. The molecule has 0 fully saturated rings. The van der Waals surface area contributed by atoms with E-state index in [0.717, 1.165) is 16.7 Å². The molecule has 0 aliphatic rings. The van der Waals surface area contributed by atoms with Crippen molar-refractivity contribution in [3.8, 4) is 28.8 Å². The Morgan fingerprint density at radius 3 is 2.33 bits per heavy atom. The predicted octanol–water partition coefficient (Wildman–Crippen LogP) is 5.88. The fraction of sp³-hybridized carbons (Fsp3) is 0.107. The normalized spacial score (nSPS) is 11.1. The van der Waals surface area contributed by atoms with Crippen LogP contribution in [0, 0.1) is 23.0 Å². The monoisotopic (exact) mass is 539 g/mol. The van der Waals surface area contributed by atoms with Crippen molar-refractivity contribution in [2.45, 2.75) is 12.7 Å². The number of nitriles is 1. The Morgan fingerprint density at radius 1 is 1.00 bits per heavy atom. The molecule has 0 bridgehead atoms. The van der Waals surface area contributed by atoms with E-state index in [-0.39, 0.29) is 28.5 Å². The van der Waals surface area contributed by atoms with Gasteiger partial charge in [-0.2, -0.15) is 18.4 Å². The van der Waals surface area contributed by atoms with Crippen molar-refractivity contribution in [1.29, 1.82) is 5.26 Å². The average molecular weight is 539 g/mol. The maximum atomic E-state index is 14.4. The lowest BCUT2D eigenvalue weighted by atomic mass is 10.0. The Hall–Kier alpha value is -4.98. The zero-order valence-electron chi connectivity index (χ0n) is 20.1. The van der Waals surface area contributed by atoms with Gasteiger partial charge in [0.25, 0.3) is 11.5 Å². The number of carbonyl (C=O) groups is 1. The molecule has 3 aromatic carbocycles. The molecule has 1 aromatic heterocycles. The first kappa shape index (κ1) is 27.1. The maximum absolute atomic E-state index is 14.4. The largest absolute Gasteiger partial charge is 0.457 e. The molecule has 11 heteroatoms. The topological polar surface area (TPSA) is 84.1 Å². The van der Waals surface area contributed by atoms with E-state index in [1.54, 1.807) is 18.2 Å². The Balaban J connectivity index is 1.79. The zero-order valence-corrected chi connectivity index (χ0v) is 20.1. The van der Waals surface area contributed by atoms with E-state index in [2.05, 4.69) is 5.32 Å². The van der Waals surface area contributed by atoms with Crippen LogP contribution in [0.4, 0.5) is 22.0 Å². The van der Waals surface area contributed by atoms with Gasteiger partial charge >= 0.3 is 6.18 Å². The number of nitrogens with one attached hydrogen (secondary N) is 1. The van der Waals surface area contributed by atoms with Gasteiger partial charge in [-0.25, -0.2) is 8.78 Å². The average Bonchev–Trinajstić information content (AvgIpc) is 2.90. The highest BCUT2D eigenvalue weighted by Crippen LogP contribution is 2.34. The minimum absolute atomic E-state index is 0.135. The Bertz CT molecular complexity index is 1660. The second-order valence-corrected chi connectivity index (χ2v) is 8.29. The number of hydrogen-bond acceptors (Lipinski definition) is 4. The summed E-state index contributed by atoms with van der Waals surface area (Å²) in [7, 11) is 1.48. The zero-order chi connectivity index (χ0) is 28.3. The molecule has 0 aliphatic heterocycles. The van der Waals surface area contributed by atoms with Gasteiger partial charge < -0.3 is 14.6 Å². The molecule has 4 aromatic rings. The van der Waals surface area contributed by atoms with Gasteiger partial charge in [-0.05, 0) is 60.2 Å². The molecular weight excluding hydrogens is 521 g/mol. The summed E-state index contributed by atoms with van der Waals surface area (Å²) < 4.78 is 75.6. The highest BCUT2D eigenvalue weighted by Gasteiger charge is 2.36. The van der Waals surface area contributed by atoms with E-state index in [0.29, 0.717) is 23.4 Å². The van der Waals surface area contributed by atoms with Crippen molar-refractivity contribution in [3.63, 3.8) is 0 Å². The number of ether oxygens (including phenoxy) is 1. The second-order valence-electron chi connectivity index (χ2n) is 8.29. The Kier molecular flexibility index (Phi) is 7.49. The van der Waals surface area contributed by atoms with Crippen LogP contribution < -0.4 is 15.6 Å². The van der Waals surface area contributed by atoms with Crippen molar-refractivity contribution >= 4 is 5.91 Å². The minimum atomic E-state index is -5.02. The molecule has 198 valence electrons. The molecule has 4 rings (SSSR count). The van der Waals surface area contributed by atoms with E-state index in [4.69, 9.17) is 4.74 Å². The number of nitrogens with zero attached hydrogens (tertiary/aromatic N) is 2. The van der Waals surface area contributed by atoms with Crippen LogP contribution in [0.1, 0.15) is 27.0 Å². The van der Waals surface area contributed by atoms with Crippen molar-refractivity contribution in [2.24, 2.45) is 0 Å². The summed E-state index contributed by atoms with van der Waals surface area (Å²) in [6.45, 7) is -0.558. The molecule has 0 saturated heterocycles. The van der Waals surface area contributed by atoms with Gasteiger partial charge in [0.15, 0.2) is 0 Å². The van der Waals surface area contributed by atoms with Gasteiger partial charge in [0.05, 0.1) is 17.8 Å². The van der Waals surface area contributed by atoms with Crippen molar-refractivity contribution < 1.29 is 31.5 Å². The van der Waals surface area contributed by atoms with E-state index >= 15 is 0 Å². The van der Waals surface area contributed by atoms with Gasteiger partial charge in [0.1, 0.15) is 34.8 Å². The second kappa shape index (κ2) is 10.8. The van der Waals surface area contributed by atoms with Crippen LogP contribution in [0.25, 0.3) is 11.3 Å². The molecule has 0 spiro atoms. The molecule has 0 atom stereocenters. The van der Waals surface area contributed by atoms with Crippen molar-refractivity contribution in [3.05, 3.63) is 117 Å². The van der Waals surface area contributed by atoms with Crippen LogP contribution in [0.5, 0.6) is 11.5 Å². The lowest BCUT2D eigenvalue weighted by molar-refractivity contribution is -0.137. The number of halogens is 5. The first-order valence-electron chi connectivity index (χ1n) is 11.3. The molecule has 0 radical (unpaired) electrons. The summed E-state index contributed by atoms with van der Waals surface area (Å²) in [4.78, 5) is 24.9. The predicted molar refractivity (Wildman–Crippen MR) is 131 cm³/mol. The lowest BCUT2D eigenvalue weighted by Crippen LogP contribution is -2.29. The molecule has 0 aliphatic carbocycles. The van der Waals surface area contributed by atoms with Crippen LogP contribution in [0.2, 0.25) is 0 Å². The highest BCUT2D eigenvalue weighted by atomic mass is 19.4. The van der Waals surface area contributed by atoms with E-state index in [9.17, 15) is 36.8 Å². The number of alkyl halides is 3. The summed E-state index contributed by atoms with van der Waals surface area (Å²) in [5.74, 6) is -1.60. The van der Waals surface area contributed by atoms with E-state index < -0.39 is 41.0 Å². The molecule has 0 saturated carbocycles. The SMILES string of the molecule is CNC(=O)c1cccc(Oc2ccc(-c3cc(C(F)(F)F)c(C#N)c(=O)n3Cc3ccc(F)cc3F)cc2)c1. The summed E-state index contributed by atoms with van der Waals surface area (Å²) in [5, 5.41) is 11.8. The van der Waals surface area contributed by atoms with E-state index in [1.165, 1.54) is 43.4 Å². The molecule has 0 unspecified atom stereocenters. The third kappa shape index (κ3) is 5.80. The fourth-order valence-corrected chi connectivity index (χ4v) is 3.87. The molecule has 1 amide bonds. The minimum Gasteiger partial charge on any atom is -0.457 e. The first-order chi connectivity index (χ1) is 18.5. The van der Waals surface area contributed by atoms with Crippen LogP contribution in [-0.2, 0) is 12.7 Å². The number of aromatic nitrogens is 1. The van der Waals surface area contributed by atoms with E-state index in [1.807, 2.05) is 0 Å². The number of benzene rings is 3. The van der Waals surface area contributed by atoms with Gasteiger partial charge in [-0.15, -0.1) is 0 Å². The Morgan fingerprint density at radius 2 is 1.72 bits per heavy atom. The molecule has 1 heterocycles. The smallest absolute Gasteiger partial charge is 0.417 e. The number of rotatable bonds is 6. The van der Waals surface area contributed by atoms with Crippen molar-refractivity contribution in [2.75, 3.05) is 7.05 Å². The van der Waals surface area contributed by atoms with Gasteiger partial charge in [0, 0.05) is 24.2 Å². The number of carbonyl (C=O) groups excluding carboxylic acids is 1. The molecule has 39 heavy (non-hydrogen) atoms. The molecular formula is C28H18F5N3O3. The number of amides is 1. The first-order valence-corrected chi connectivity index (χ1v) is 11.3. The summed E-state index contributed by atoms with van der Waals surface area (Å²) >= 11 is 0. The van der Waals surface area contributed by atoms with Crippen LogP contribution in [0.15, 0.2) is 77.6 Å². The van der Waals surface area contributed by atoms with Gasteiger partial charge in [-0.3, -0.25) is 9.59 Å². The third-order valence-electron chi connectivity index (χ3n) is 5.77. The van der Waals surface area contributed by atoms with Gasteiger partial charge in [-0.1, -0.05) is 12.1 Å². The molecule has 6 nitrogen and oxygen atoms in total. The van der Waals surface area contributed by atoms with Crippen LogP contribution >= 0.6 is 0 Å². The standard InChI is InChI=1S/C28H18F5N3O3/c1-35-26(37)17-3-2-4-21(11-17)39-20-9-6-16(7-10-20)25-13-23(28(31,32)33)22(14-34)27(38)36(25)15-18-5-8-19(29)12-24(18)30/h2-13H,15H2,1H3,(H,35,37). The highest BCUT2D eigenvalue weighted by molar-refractivity contribution is 5.94. The van der Waals surface area contributed by atoms with Crippen molar-refractivity contribution in [1.82, 2.24) is 9.88 Å². The maximum Gasteiger partial charge on any atom is 0.417 e. The van der Waals surface area contributed by atoms with Gasteiger partial charge in [0.2, 0.25) is 0 Å². The summed E-state index contributed by atoms with van der Waals surface area (Å²) in [5.41, 5.74) is -3.80. The summed E-state index contributed by atoms with van der Waals surface area (Å²) in [6, 6.07) is 16.5. The fourth-order valence-electron chi connectivity index (χ4n) is 3.87. The Labute approximate surface area is 218 Å². The van der Waals surface area contributed by atoms with Crippen LogP contribution in [-0.4, -0.2) is 17.5 Å².